The van der Waals surface area contributed by atoms with Gasteiger partial charge in [0, 0.05) is 8.95 Å². The van der Waals surface area contributed by atoms with Crippen LogP contribution in [0.3, 0.4) is 0 Å². The zero-order chi connectivity index (χ0) is 10.7. The lowest BCUT2D eigenvalue weighted by Crippen LogP contribution is -2.01. The Morgan fingerprint density at radius 2 is 1.33 bits per heavy atom. The Labute approximate surface area is 106 Å². The zero-order valence-corrected chi connectivity index (χ0v) is 11.6. The van der Waals surface area contributed by atoms with E-state index in [1.54, 1.807) is 0 Å². The summed E-state index contributed by atoms with van der Waals surface area (Å²) in [5.74, 6) is 0. The molecule has 15 heavy (non-hydrogen) atoms. The molecule has 2 heterocycles. The summed E-state index contributed by atoms with van der Waals surface area (Å²) < 4.78 is 8.17. The number of fused-ring (bicyclic) bond motifs is 5. The van der Waals surface area contributed by atoms with Gasteiger partial charge in [-0.15, -0.1) is 0 Å². The van der Waals surface area contributed by atoms with Crippen molar-refractivity contribution in [2.24, 2.45) is 0 Å². The molecule has 1 aromatic carbocycles. The van der Waals surface area contributed by atoms with E-state index in [9.17, 15) is 0 Å². The Hall–Kier alpha value is -0.120. The summed E-state index contributed by atoms with van der Waals surface area (Å²) in [5, 5.41) is 0. The minimum Gasteiger partial charge on any atom is -0.357 e. The van der Waals surface area contributed by atoms with Crippen molar-refractivity contribution in [2.75, 3.05) is 0 Å². The van der Waals surface area contributed by atoms with Crippen molar-refractivity contribution in [1.82, 2.24) is 0 Å². The molecule has 0 spiro atoms. The Balaban J connectivity index is 2.38. The number of hydrogen-bond acceptors (Lipinski definition) is 1. The Kier molecular flexibility index (Phi) is 2.14. The van der Waals surface area contributed by atoms with Gasteiger partial charge in [0.05, 0.1) is 0 Å². The van der Waals surface area contributed by atoms with E-state index in [0.717, 1.165) is 8.95 Å². The summed E-state index contributed by atoms with van der Waals surface area (Å²) in [6, 6.07) is 0. The highest BCUT2D eigenvalue weighted by atomic mass is 79.9. The smallest absolute Gasteiger partial charge is 0.103 e. The van der Waals surface area contributed by atoms with Crippen LogP contribution in [0, 0.1) is 13.8 Å². The van der Waals surface area contributed by atoms with Gasteiger partial charge in [-0.05, 0) is 68.0 Å². The highest BCUT2D eigenvalue weighted by Gasteiger charge is 2.37. The van der Waals surface area contributed by atoms with Crippen molar-refractivity contribution in [3.63, 3.8) is 0 Å². The molecule has 0 fully saturated rings. The molecule has 1 nitrogen and oxygen atoms in total. The van der Waals surface area contributed by atoms with Crippen molar-refractivity contribution in [2.45, 2.75) is 26.1 Å². The fraction of sp³-hybridized carbons (Fsp3) is 0.333. The number of rotatable bonds is 0. The number of ether oxygens (including phenoxy) is 1. The van der Waals surface area contributed by atoms with Gasteiger partial charge in [0.15, 0.2) is 0 Å². The van der Waals surface area contributed by atoms with Crippen LogP contribution in [0.5, 0.6) is 0 Å². The second-order valence-corrected chi connectivity index (χ2v) is 5.65. The van der Waals surface area contributed by atoms with Gasteiger partial charge in [-0.1, -0.05) is 12.2 Å². The van der Waals surface area contributed by atoms with Gasteiger partial charge in [-0.3, -0.25) is 0 Å². The lowest BCUT2D eigenvalue weighted by molar-refractivity contribution is 0.0875. The number of benzene rings is 1. The average molecular weight is 330 g/mol. The fourth-order valence-electron chi connectivity index (χ4n) is 2.48. The maximum absolute atomic E-state index is 5.86. The maximum Gasteiger partial charge on any atom is 0.103 e. The summed E-state index contributed by atoms with van der Waals surface area (Å²) in [7, 11) is 0. The molecule has 2 aliphatic heterocycles. The predicted octanol–water partition coefficient (Wildman–Crippen LogP) is 4.51. The van der Waals surface area contributed by atoms with Gasteiger partial charge in [0.1, 0.15) is 12.2 Å². The van der Waals surface area contributed by atoms with E-state index in [4.69, 9.17) is 4.74 Å². The molecule has 2 atom stereocenters. The van der Waals surface area contributed by atoms with Crippen LogP contribution < -0.4 is 0 Å². The Morgan fingerprint density at radius 3 is 1.73 bits per heavy atom. The van der Waals surface area contributed by atoms with E-state index < -0.39 is 0 Å². The number of hydrogen-bond donors (Lipinski definition) is 0. The molecule has 0 saturated heterocycles. The topological polar surface area (TPSA) is 9.23 Å². The molecule has 2 unspecified atom stereocenters. The van der Waals surface area contributed by atoms with Gasteiger partial charge < -0.3 is 4.74 Å². The first-order valence-electron chi connectivity index (χ1n) is 4.93. The van der Waals surface area contributed by atoms with Gasteiger partial charge >= 0.3 is 0 Å². The molecule has 0 aromatic heterocycles. The standard InChI is InChI=1S/C12H10Br2O/c1-5-9-7-3-4-8(15-7)10(9)6(2)12(14)11(5)13/h3-4,7-8H,1-2H3. The van der Waals surface area contributed by atoms with E-state index in [1.165, 1.54) is 22.3 Å². The second-order valence-electron chi connectivity index (χ2n) is 4.07. The van der Waals surface area contributed by atoms with Gasteiger partial charge in [-0.2, -0.15) is 0 Å². The van der Waals surface area contributed by atoms with Crippen LogP contribution >= 0.6 is 31.9 Å². The predicted molar refractivity (Wildman–Crippen MR) is 67.0 cm³/mol. The molecule has 0 saturated carbocycles. The lowest BCUT2D eigenvalue weighted by atomic mass is 9.89. The third-order valence-corrected chi connectivity index (χ3v) is 5.79. The molecule has 0 radical (unpaired) electrons. The average Bonchev–Trinajstić information content (AvgIpc) is 2.82. The van der Waals surface area contributed by atoms with Gasteiger partial charge in [-0.25, -0.2) is 0 Å². The Morgan fingerprint density at radius 1 is 0.933 bits per heavy atom. The molecular weight excluding hydrogens is 320 g/mol. The quantitative estimate of drug-likeness (QED) is 0.636. The highest BCUT2D eigenvalue weighted by Crippen LogP contribution is 2.51. The van der Waals surface area contributed by atoms with Crippen LogP contribution in [-0.4, -0.2) is 0 Å². The van der Waals surface area contributed by atoms with Crippen molar-refractivity contribution in [3.05, 3.63) is 43.4 Å². The van der Waals surface area contributed by atoms with Crippen LogP contribution in [-0.2, 0) is 4.74 Å². The molecular formula is C12H10Br2O. The van der Waals surface area contributed by atoms with Crippen LogP contribution in [0.2, 0.25) is 0 Å². The Bertz CT molecular complexity index is 448. The van der Waals surface area contributed by atoms with E-state index in [-0.39, 0.29) is 12.2 Å². The van der Waals surface area contributed by atoms with Crippen LogP contribution in [0.1, 0.15) is 34.5 Å². The van der Waals surface area contributed by atoms with Gasteiger partial charge in [0.25, 0.3) is 0 Å². The first kappa shape index (κ1) is 10.1. The molecule has 3 rings (SSSR count). The second kappa shape index (κ2) is 3.19. The highest BCUT2D eigenvalue weighted by molar-refractivity contribution is 9.13. The van der Waals surface area contributed by atoms with Crippen LogP contribution in [0.25, 0.3) is 0 Å². The van der Waals surface area contributed by atoms with Crippen molar-refractivity contribution < 1.29 is 4.74 Å². The first-order valence-corrected chi connectivity index (χ1v) is 6.51. The van der Waals surface area contributed by atoms with Crippen molar-refractivity contribution in [3.8, 4) is 0 Å². The lowest BCUT2D eigenvalue weighted by Gasteiger charge is -2.17. The molecule has 0 aliphatic carbocycles. The fourth-order valence-corrected chi connectivity index (χ4v) is 3.50. The zero-order valence-electron chi connectivity index (χ0n) is 8.47. The van der Waals surface area contributed by atoms with Crippen molar-refractivity contribution in [1.29, 1.82) is 0 Å². The minimum absolute atomic E-state index is 0.174. The third kappa shape index (κ3) is 1.17. The molecule has 2 bridgehead atoms. The normalized spacial score (nSPS) is 26.1. The molecule has 0 N–H and O–H groups in total. The van der Waals surface area contributed by atoms with Crippen molar-refractivity contribution >= 4 is 31.9 Å². The first-order chi connectivity index (χ1) is 7.11. The summed E-state index contributed by atoms with van der Waals surface area (Å²) >= 11 is 7.26. The maximum atomic E-state index is 5.86. The van der Waals surface area contributed by atoms with E-state index in [2.05, 4.69) is 57.9 Å². The van der Waals surface area contributed by atoms with E-state index >= 15 is 0 Å². The summed E-state index contributed by atoms with van der Waals surface area (Å²) in [6.07, 6.45) is 4.65. The molecule has 2 aliphatic rings. The number of halogens is 2. The molecule has 78 valence electrons. The molecule has 0 amide bonds. The van der Waals surface area contributed by atoms with Crippen LogP contribution in [0.15, 0.2) is 21.1 Å². The van der Waals surface area contributed by atoms with E-state index in [1.807, 2.05) is 0 Å². The largest absolute Gasteiger partial charge is 0.357 e. The SMILES string of the molecule is Cc1c(Br)c(Br)c(C)c2c1C1C=CC2O1. The van der Waals surface area contributed by atoms with E-state index in [0.29, 0.717) is 0 Å². The minimum atomic E-state index is 0.174. The summed E-state index contributed by atoms with van der Waals surface area (Å²) in [5.41, 5.74) is 5.30. The molecule has 1 aromatic rings. The van der Waals surface area contributed by atoms with Gasteiger partial charge in [0.2, 0.25) is 0 Å². The monoisotopic (exact) mass is 328 g/mol. The summed E-state index contributed by atoms with van der Waals surface area (Å²) in [6.45, 7) is 4.29. The summed E-state index contributed by atoms with van der Waals surface area (Å²) in [4.78, 5) is 0. The third-order valence-electron chi connectivity index (χ3n) is 3.27. The van der Waals surface area contributed by atoms with Crippen LogP contribution in [0.4, 0.5) is 0 Å². The molecule has 3 heteroatoms.